The average Bonchev–Trinajstić information content (AvgIpc) is 2.19. The van der Waals surface area contributed by atoms with Crippen LogP contribution < -0.4 is 5.32 Å². The molecule has 2 rings (SSSR count). The van der Waals surface area contributed by atoms with E-state index in [4.69, 9.17) is 0 Å². The highest BCUT2D eigenvalue weighted by Gasteiger charge is 2.05. The van der Waals surface area contributed by atoms with Gasteiger partial charge < -0.3 is 5.32 Å². The van der Waals surface area contributed by atoms with Crippen molar-refractivity contribution >= 4 is 16.7 Å². The molecule has 0 unspecified atom stereocenters. The minimum absolute atomic E-state index is 0.378. The van der Waals surface area contributed by atoms with Gasteiger partial charge in [-0.15, -0.1) is 0 Å². The summed E-state index contributed by atoms with van der Waals surface area (Å²) in [4.78, 5) is 8.56. The molecule has 0 amide bonds. The Morgan fingerprint density at radius 1 is 1.20 bits per heavy atom. The normalized spacial score (nSPS) is 10.9. The third kappa shape index (κ3) is 1.91. The predicted octanol–water partition coefficient (Wildman–Crippen LogP) is 2.76. The molecule has 0 aliphatic rings. The summed E-state index contributed by atoms with van der Waals surface area (Å²) in [5, 5.41) is 4.41. The molecule has 78 valence electrons. The Morgan fingerprint density at radius 2 is 2.00 bits per heavy atom. The van der Waals surface area contributed by atoms with Gasteiger partial charge in [-0.25, -0.2) is 9.97 Å². The highest BCUT2D eigenvalue weighted by molar-refractivity contribution is 5.90. The van der Waals surface area contributed by atoms with Crippen LogP contribution in [0.2, 0.25) is 0 Å². The maximum atomic E-state index is 4.30. The highest BCUT2D eigenvalue weighted by Crippen LogP contribution is 2.21. The average molecular weight is 201 g/mol. The fourth-order valence-corrected chi connectivity index (χ4v) is 1.62. The summed E-state index contributed by atoms with van der Waals surface area (Å²) in [5.41, 5.74) is 2.21. The van der Waals surface area contributed by atoms with Crippen molar-refractivity contribution < 1.29 is 0 Å². The highest BCUT2D eigenvalue weighted by atomic mass is 15.0. The predicted molar refractivity (Wildman–Crippen MR) is 63.0 cm³/mol. The first kappa shape index (κ1) is 9.90. The summed E-state index contributed by atoms with van der Waals surface area (Å²) >= 11 is 0. The Balaban J connectivity index is 2.61. The van der Waals surface area contributed by atoms with Crippen molar-refractivity contribution in [1.82, 2.24) is 9.97 Å². The number of aryl methyl sites for hydroxylation is 1. The number of hydrogen-bond acceptors (Lipinski definition) is 3. The molecule has 3 nitrogen and oxygen atoms in total. The summed E-state index contributed by atoms with van der Waals surface area (Å²) in [6.45, 7) is 6.27. The van der Waals surface area contributed by atoms with E-state index in [0.29, 0.717) is 6.04 Å². The fourth-order valence-electron chi connectivity index (χ4n) is 1.62. The molecule has 1 aromatic carbocycles. The zero-order valence-electron chi connectivity index (χ0n) is 9.28. The lowest BCUT2D eigenvalue weighted by molar-refractivity contribution is 0.890. The van der Waals surface area contributed by atoms with Gasteiger partial charge in [0.05, 0.1) is 5.52 Å². The molecule has 2 aromatic rings. The summed E-state index contributed by atoms with van der Waals surface area (Å²) in [6.07, 6.45) is 1.61. The van der Waals surface area contributed by atoms with Gasteiger partial charge in [0.1, 0.15) is 12.1 Å². The number of aromatic nitrogens is 2. The van der Waals surface area contributed by atoms with Crippen LogP contribution in [0, 0.1) is 6.92 Å². The van der Waals surface area contributed by atoms with Crippen LogP contribution in [0.1, 0.15) is 19.4 Å². The molecule has 1 N–H and O–H groups in total. The van der Waals surface area contributed by atoms with Crippen molar-refractivity contribution in [2.24, 2.45) is 0 Å². The van der Waals surface area contributed by atoms with E-state index in [-0.39, 0.29) is 0 Å². The monoisotopic (exact) mass is 201 g/mol. The number of nitrogens with zero attached hydrogens (tertiary/aromatic N) is 2. The number of benzene rings is 1. The van der Waals surface area contributed by atoms with Gasteiger partial charge in [-0.1, -0.05) is 12.1 Å². The summed E-state index contributed by atoms with van der Waals surface area (Å²) in [6, 6.07) is 6.53. The number of fused-ring (bicyclic) bond motifs is 1. The maximum absolute atomic E-state index is 4.30. The molecule has 1 heterocycles. The number of para-hydroxylation sites is 1. The molecule has 0 spiro atoms. The van der Waals surface area contributed by atoms with Crippen LogP contribution in [0.25, 0.3) is 10.9 Å². The van der Waals surface area contributed by atoms with Crippen molar-refractivity contribution in [2.45, 2.75) is 26.8 Å². The zero-order chi connectivity index (χ0) is 10.8. The maximum Gasteiger partial charge on any atom is 0.137 e. The lowest BCUT2D eigenvalue weighted by Crippen LogP contribution is -2.11. The molecule has 0 saturated carbocycles. The van der Waals surface area contributed by atoms with Crippen LogP contribution in [0.3, 0.4) is 0 Å². The molecule has 0 fully saturated rings. The number of rotatable bonds is 2. The molecule has 1 aromatic heterocycles. The SMILES string of the molecule is Cc1cccc2c(NC(C)C)ncnc12. The van der Waals surface area contributed by atoms with Crippen molar-refractivity contribution in [3.8, 4) is 0 Å². The lowest BCUT2D eigenvalue weighted by atomic mass is 10.1. The van der Waals surface area contributed by atoms with E-state index in [9.17, 15) is 0 Å². The molecule has 0 radical (unpaired) electrons. The van der Waals surface area contributed by atoms with Gasteiger partial charge >= 0.3 is 0 Å². The second kappa shape index (κ2) is 3.85. The minimum Gasteiger partial charge on any atom is -0.367 e. The third-order valence-electron chi connectivity index (χ3n) is 2.29. The Hall–Kier alpha value is -1.64. The van der Waals surface area contributed by atoms with Crippen molar-refractivity contribution in [1.29, 1.82) is 0 Å². The minimum atomic E-state index is 0.378. The molecule has 0 aliphatic carbocycles. The molecular weight excluding hydrogens is 186 g/mol. The summed E-state index contributed by atoms with van der Waals surface area (Å²) in [7, 11) is 0. The molecular formula is C12H15N3. The van der Waals surface area contributed by atoms with E-state index in [1.165, 1.54) is 5.56 Å². The van der Waals surface area contributed by atoms with Crippen LogP contribution in [0.5, 0.6) is 0 Å². The Kier molecular flexibility index (Phi) is 2.54. The number of hydrogen-bond donors (Lipinski definition) is 1. The van der Waals surface area contributed by atoms with Gasteiger partial charge in [-0.3, -0.25) is 0 Å². The van der Waals surface area contributed by atoms with Crippen molar-refractivity contribution in [2.75, 3.05) is 5.32 Å². The molecule has 0 bridgehead atoms. The molecule has 0 aliphatic heterocycles. The van der Waals surface area contributed by atoms with Gasteiger partial charge in [0.15, 0.2) is 0 Å². The van der Waals surface area contributed by atoms with Crippen LogP contribution in [-0.4, -0.2) is 16.0 Å². The van der Waals surface area contributed by atoms with E-state index in [2.05, 4.69) is 42.1 Å². The van der Waals surface area contributed by atoms with Crippen LogP contribution in [0.15, 0.2) is 24.5 Å². The van der Waals surface area contributed by atoms with E-state index >= 15 is 0 Å². The van der Waals surface area contributed by atoms with Crippen molar-refractivity contribution in [3.63, 3.8) is 0 Å². The Morgan fingerprint density at radius 3 is 2.73 bits per heavy atom. The Bertz CT molecular complexity index is 477. The van der Waals surface area contributed by atoms with Gasteiger partial charge in [-0.05, 0) is 32.4 Å². The summed E-state index contributed by atoms with van der Waals surface area (Å²) in [5.74, 6) is 0.915. The first-order valence-electron chi connectivity index (χ1n) is 5.15. The van der Waals surface area contributed by atoms with E-state index < -0.39 is 0 Å². The first-order valence-corrected chi connectivity index (χ1v) is 5.15. The number of anilines is 1. The number of nitrogens with one attached hydrogen (secondary N) is 1. The van der Waals surface area contributed by atoms with E-state index in [0.717, 1.165) is 16.7 Å². The standard InChI is InChI=1S/C12H15N3/c1-8(2)15-12-10-6-4-5-9(3)11(10)13-7-14-12/h4-8H,1-3H3,(H,13,14,15). The van der Waals surface area contributed by atoms with Crippen LogP contribution in [0.4, 0.5) is 5.82 Å². The molecule has 0 atom stereocenters. The van der Waals surface area contributed by atoms with Gasteiger partial charge in [-0.2, -0.15) is 0 Å². The van der Waals surface area contributed by atoms with Crippen LogP contribution in [-0.2, 0) is 0 Å². The van der Waals surface area contributed by atoms with Gasteiger partial charge in [0, 0.05) is 11.4 Å². The quantitative estimate of drug-likeness (QED) is 0.811. The fraction of sp³-hybridized carbons (Fsp3) is 0.333. The topological polar surface area (TPSA) is 37.8 Å². The second-order valence-electron chi connectivity index (χ2n) is 3.99. The van der Waals surface area contributed by atoms with Gasteiger partial charge in [0.2, 0.25) is 0 Å². The van der Waals surface area contributed by atoms with E-state index in [1.807, 2.05) is 12.1 Å². The zero-order valence-corrected chi connectivity index (χ0v) is 9.28. The summed E-state index contributed by atoms with van der Waals surface area (Å²) < 4.78 is 0. The largest absolute Gasteiger partial charge is 0.367 e. The lowest BCUT2D eigenvalue weighted by Gasteiger charge is -2.11. The molecule has 15 heavy (non-hydrogen) atoms. The molecule has 0 saturated heterocycles. The van der Waals surface area contributed by atoms with Gasteiger partial charge in [0.25, 0.3) is 0 Å². The second-order valence-corrected chi connectivity index (χ2v) is 3.99. The smallest absolute Gasteiger partial charge is 0.137 e. The molecule has 3 heteroatoms. The van der Waals surface area contributed by atoms with E-state index in [1.54, 1.807) is 6.33 Å². The van der Waals surface area contributed by atoms with Crippen LogP contribution >= 0.6 is 0 Å². The first-order chi connectivity index (χ1) is 7.18. The van der Waals surface area contributed by atoms with Crippen molar-refractivity contribution in [3.05, 3.63) is 30.1 Å². The Labute approximate surface area is 89.6 Å². The third-order valence-corrected chi connectivity index (χ3v) is 2.29.